The highest BCUT2D eigenvalue weighted by Gasteiger charge is 2.67. The van der Waals surface area contributed by atoms with Crippen molar-refractivity contribution in [3.8, 4) is 5.75 Å². The lowest BCUT2D eigenvalue weighted by Crippen LogP contribution is -2.40. The second-order valence-electron chi connectivity index (χ2n) is 8.85. The van der Waals surface area contributed by atoms with Gasteiger partial charge in [0.05, 0.1) is 22.5 Å². The molecule has 2 aromatic rings. The molecule has 2 amide bonds. The Morgan fingerprint density at radius 3 is 2.32 bits per heavy atom. The van der Waals surface area contributed by atoms with Crippen LogP contribution in [-0.2, 0) is 16.2 Å². The molecule has 0 radical (unpaired) electrons. The first kappa shape index (κ1) is 19.0. The fourth-order valence-electron chi connectivity index (χ4n) is 5.63. The number of carbonyl (C=O) groups excluding carboxylic acids is 2. The van der Waals surface area contributed by atoms with Crippen LogP contribution in [0.25, 0.3) is 0 Å². The molecule has 0 unspecified atom stereocenters. The van der Waals surface area contributed by atoms with Crippen molar-refractivity contribution in [1.82, 2.24) is 5.01 Å². The summed E-state index contributed by atoms with van der Waals surface area (Å²) < 4.78 is 6.68. The van der Waals surface area contributed by atoms with Crippen molar-refractivity contribution in [3.63, 3.8) is 0 Å². The Morgan fingerprint density at radius 2 is 1.68 bits per heavy atom. The first-order valence-electron chi connectivity index (χ1n) is 10.7. The van der Waals surface area contributed by atoms with Crippen LogP contribution in [-0.4, -0.2) is 23.0 Å². The van der Waals surface area contributed by atoms with Crippen LogP contribution < -0.4 is 4.74 Å². The second-order valence-corrected chi connectivity index (χ2v) is 9.71. The molecule has 156 valence electrons. The summed E-state index contributed by atoms with van der Waals surface area (Å²) >= 11 is 3.54. The fourth-order valence-corrected chi connectivity index (χ4v) is 6.14. The summed E-state index contributed by atoms with van der Waals surface area (Å²) in [5.41, 5.74) is 1.88. The maximum Gasteiger partial charge on any atom is 0.254 e. The van der Waals surface area contributed by atoms with E-state index in [9.17, 15) is 9.59 Å². The van der Waals surface area contributed by atoms with E-state index in [1.807, 2.05) is 48.5 Å². The van der Waals surface area contributed by atoms with E-state index in [0.717, 1.165) is 32.8 Å². The monoisotopic (exact) mass is 476 g/mol. The van der Waals surface area contributed by atoms with Crippen LogP contribution in [0.1, 0.15) is 17.5 Å². The Balaban J connectivity index is 1.16. The number of halogens is 1. The van der Waals surface area contributed by atoms with Gasteiger partial charge in [-0.1, -0.05) is 42.5 Å². The van der Waals surface area contributed by atoms with Gasteiger partial charge >= 0.3 is 0 Å². The van der Waals surface area contributed by atoms with E-state index in [1.54, 1.807) is 6.21 Å². The lowest BCUT2D eigenvalue weighted by molar-refractivity contribution is -0.140. The lowest BCUT2D eigenvalue weighted by atomic mass is 9.63. The predicted octanol–water partition coefficient (Wildman–Crippen LogP) is 4.42. The van der Waals surface area contributed by atoms with Crippen LogP contribution in [0, 0.1) is 35.5 Å². The van der Waals surface area contributed by atoms with Crippen LogP contribution in [0.15, 0.2) is 70.3 Å². The average Bonchev–Trinajstić information content (AvgIpc) is 3.57. The minimum Gasteiger partial charge on any atom is -0.488 e. The van der Waals surface area contributed by atoms with Crippen LogP contribution >= 0.6 is 15.9 Å². The zero-order valence-electron chi connectivity index (χ0n) is 16.7. The summed E-state index contributed by atoms with van der Waals surface area (Å²) in [5.74, 6) is 1.62. The minimum absolute atomic E-state index is 0.141. The summed E-state index contributed by atoms with van der Waals surface area (Å²) in [5, 5.41) is 5.41. The van der Waals surface area contributed by atoms with Gasteiger partial charge in [-0.2, -0.15) is 10.1 Å². The normalized spacial score (nSPS) is 32.5. The van der Waals surface area contributed by atoms with Crippen LogP contribution in [0.4, 0.5) is 0 Å². The summed E-state index contributed by atoms with van der Waals surface area (Å²) in [7, 11) is 0. The molecule has 5 aliphatic rings. The molecule has 2 aromatic carbocycles. The van der Waals surface area contributed by atoms with E-state index in [1.165, 1.54) is 0 Å². The molecule has 7 rings (SSSR count). The van der Waals surface area contributed by atoms with Gasteiger partial charge in [0.25, 0.3) is 11.8 Å². The summed E-state index contributed by atoms with van der Waals surface area (Å²) in [6.07, 6.45) is 7.08. The van der Waals surface area contributed by atoms with E-state index in [2.05, 4.69) is 33.2 Å². The first-order valence-corrected chi connectivity index (χ1v) is 11.5. The molecule has 6 atom stereocenters. The van der Waals surface area contributed by atoms with Gasteiger partial charge in [0.1, 0.15) is 12.4 Å². The summed E-state index contributed by atoms with van der Waals surface area (Å²) in [6, 6.07) is 15.6. The number of hydrogen-bond donors (Lipinski definition) is 0. The molecule has 0 aromatic heterocycles. The summed E-state index contributed by atoms with van der Waals surface area (Å²) in [4.78, 5) is 26.0. The third-order valence-corrected chi connectivity index (χ3v) is 7.77. The number of nitrogens with zero attached hydrogens (tertiary/aromatic N) is 2. The zero-order chi connectivity index (χ0) is 21.1. The maximum atomic E-state index is 13.0. The molecular weight excluding hydrogens is 456 g/mol. The number of hydrazone groups is 1. The molecule has 31 heavy (non-hydrogen) atoms. The standard InChI is InChI=1S/C25H21BrN2O3/c26-20-10-15(6-9-21(20)31-13-14-4-2-1-3-5-14)12-27-28-24(29)22-16-7-8-17(19-11-18(16)19)23(22)25(28)30/h1-10,12,16-19,22-23H,11,13H2/b27-12-/t16-,17-,18-,19+,22-,23-/m1/s1. The number of allylic oxidation sites excluding steroid dienone is 2. The van der Waals surface area contributed by atoms with Gasteiger partial charge < -0.3 is 4.74 Å². The van der Waals surface area contributed by atoms with Crippen molar-refractivity contribution in [1.29, 1.82) is 0 Å². The molecule has 1 aliphatic heterocycles. The third-order valence-electron chi connectivity index (χ3n) is 7.15. The zero-order valence-corrected chi connectivity index (χ0v) is 18.3. The van der Waals surface area contributed by atoms with Gasteiger partial charge in [-0.15, -0.1) is 0 Å². The average molecular weight is 477 g/mol. The molecule has 6 heteroatoms. The van der Waals surface area contributed by atoms with Crippen LogP contribution in [0.5, 0.6) is 5.75 Å². The van der Waals surface area contributed by atoms with E-state index >= 15 is 0 Å². The number of hydrogen-bond acceptors (Lipinski definition) is 4. The smallest absolute Gasteiger partial charge is 0.254 e. The highest BCUT2D eigenvalue weighted by molar-refractivity contribution is 9.10. The fraction of sp³-hybridized carbons (Fsp3) is 0.320. The largest absolute Gasteiger partial charge is 0.488 e. The Kier molecular flexibility index (Phi) is 4.39. The predicted molar refractivity (Wildman–Crippen MR) is 119 cm³/mol. The SMILES string of the molecule is O=C1[C@@H]2[C@@H]3C=C[C@H]([C@@H]4C[C@H]34)[C@H]2C(=O)N1/N=C\c1ccc(OCc2ccccc2)c(Br)c1. The van der Waals surface area contributed by atoms with Gasteiger partial charge in [-0.3, -0.25) is 9.59 Å². The molecule has 2 bridgehead atoms. The van der Waals surface area contributed by atoms with Crippen molar-refractivity contribution >= 4 is 34.0 Å². The summed E-state index contributed by atoms with van der Waals surface area (Å²) in [6.45, 7) is 0.477. The Morgan fingerprint density at radius 1 is 1.00 bits per heavy atom. The molecule has 0 N–H and O–H groups in total. The molecule has 1 saturated heterocycles. The number of imide groups is 1. The lowest BCUT2D eigenvalue weighted by Gasteiger charge is -2.37. The van der Waals surface area contributed by atoms with E-state index in [4.69, 9.17) is 4.74 Å². The Labute approximate surface area is 188 Å². The van der Waals surface area contributed by atoms with Gasteiger partial charge in [0, 0.05) is 0 Å². The maximum absolute atomic E-state index is 13.0. The number of benzene rings is 2. The number of carbonyl (C=O) groups is 2. The molecule has 0 spiro atoms. The van der Waals surface area contributed by atoms with E-state index in [0.29, 0.717) is 18.4 Å². The van der Waals surface area contributed by atoms with Gasteiger partial charge in [0.15, 0.2) is 0 Å². The highest BCUT2D eigenvalue weighted by Crippen LogP contribution is 2.65. The molecule has 3 fully saturated rings. The van der Waals surface area contributed by atoms with Crippen LogP contribution in [0.3, 0.4) is 0 Å². The Bertz CT molecular complexity index is 1090. The number of rotatable bonds is 5. The van der Waals surface area contributed by atoms with Crippen LogP contribution in [0.2, 0.25) is 0 Å². The van der Waals surface area contributed by atoms with Crippen molar-refractivity contribution in [2.75, 3.05) is 0 Å². The Hall–Kier alpha value is -2.73. The molecule has 1 heterocycles. The minimum atomic E-state index is -0.219. The topological polar surface area (TPSA) is 59.0 Å². The number of ether oxygens (including phenoxy) is 1. The van der Waals surface area contributed by atoms with Crippen molar-refractivity contribution < 1.29 is 14.3 Å². The van der Waals surface area contributed by atoms with Gasteiger partial charge in [-0.05, 0) is 75.3 Å². The highest BCUT2D eigenvalue weighted by atomic mass is 79.9. The first-order chi connectivity index (χ1) is 15.1. The van der Waals surface area contributed by atoms with Crippen molar-refractivity contribution in [2.45, 2.75) is 13.0 Å². The van der Waals surface area contributed by atoms with E-state index in [-0.39, 0.29) is 35.5 Å². The van der Waals surface area contributed by atoms with Crippen molar-refractivity contribution in [2.24, 2.45) is 40.6 Å². The molecule has 5 nitrogen and oxygen atoms in total. The number of amides is 2. The van der Waals surface area contributed by atoms with E-state index < -0.39 is 0 Å². The van der Waals surface area contributed by atoms with Gasteiger partial charge in [0.2, 0.25) is 0 Å². The quantitative estimate of drug-likeness (QED) is 0.364. The molecule has 4 aliphatic carbocycles. The third kappa shape index (κ3) is 3.07. The second kappa shape index (κ2) is 7.16. The van der Waals surface area contributed by atoms with Crippen molar-refractivity contribution in [3.05, 3.63) is 76.3 Å². The van der Waals surface area contributed by atoms with Gasteiger partial charge in [-0.25, -0.2) is 0 Å². The molecule has 2 saturated carbocycles. The molecular formula is C25H21BrN2O3.